The number of anilines is 1. The summed E-state index contributed by atoms with van der Waals surface area (Å²) in [7, 11) is 0. The van der Waals surface area contributed by atoms with Gasteiger partial charge in [0.05, 0.1) is 12.6 Å². The first-order valence-corrected chi connectivity index (χ1v) is 6.88. The van der Waals surface area contributed by atoms with Gasteiger partial charge in [-0.1, -0.05) is 6.92 Å². The predicted octanol–water partition coefficient (Wildman–Crippen LogP) is 2.36. The van der Waals surface area contributed by atoms with Crippen LogP contribution >= 0.6 is 0 Å². The van der Waals surface area contributed by atoms with Gasteiger partial charge in [-0.05, 0) is 49.4 Å². The third-order valence-corrected chi connectivity index (χ3v) is 4.18. The average Bonchev–Trinajstić information content (AvgIpc) is 2.72. The number of aliphatic hydroxyl groups excluding tert-OH is 1. The highest BCUT2D eigenvalue weighted by molar-refractivity contribution is 5.58. The number of hydrogen-bond donors (Lipinski definition) is 2. The fraction of sp³-hybridized carbons (Fsp3) is 0.600. The average molecular weight is 266 g/mol. The maximum Gasteiger partial charge on any atom is 0.126 e. The minimum atomic E-state index is -0.222. The van der Waals surface area contributed by atoms with E-state index in [0.29, 0.717) is 11.5 Å². The predicted molar refractivity (Wildman–Crippen MR) is 75.7 cm³/mol. The molecule has 1 aliphatic heterocycles. The fourth-order valence-corrected chi connectivity index (χ4v) is 2.88. The summed E-state index contributed by atoms with van der Waals surface area (Å²) < 4.78 is 13.7. The SMILES string of the molecule is Cc1cc(N2CCC(C)C2CO)c(C(C)N)cc1F. The molecular formula is C15H23FN2O. The minimum absolute atomic E-state index is 0.0994. The Morgan fingerprint density at radius 2 is 2.21 bits per heavy atom. The van der Waals surface area contributed by atoms with Crippen LogP contribution in [0.5, 0.6) is 0 Å². The highest BCUT2D eigenvalue weighted by Gasteiger charge is 2.32. The Kier molecular flexibility index (Phi) is 4.11. The summed E-state index contributed by atoms with van der Waals surface area (Å²) in [6, 6.07) is 3.27. The Hall–Kier alpha value is -1.13. The second-order valence-electron chi connectivity index (χ2n) is 5.66. The zero-order valence-corrected chi connectivity index (χ0v) is 11.9. The number of nitrogens with two attached hydrogens (primary N) is 1. The molecule has 0 bridgehead atoms. The van der Waals surface area contributed by atoms with E-state index in [0.717, 1.165) is 24.2 Å². The molecule has 0 radical (unpaired) electrons. The lowest BCUT2D eigenvalue weighted by atomic mass is 10.0. The maximum atomic E-state index is 13.7. The Bertz CT molecular complexity index is 462. The molecule has 0 saturated carbocycles. The molecule has 2 rings (SSSR count). The highest BCUT2D eigenvalue weighted by atomic mass is 19.1. The molecule has 106 valence electrons. The van der Waals surface area contributed by atoms with Gasteiger partial charge in [0.2, 0.25) is 0 Å². The van der Waals surface area contributed by atoms with Gasteiger partial charge in [0.1, 0.15) is 5.82 Å². The molecule has 1 aromatic carbocycles. The van der Waals surface area contributed by atoms with Crippen molar-refractivity contribution in [2.24, 2.45) is 11.7 Å². The van der Waals surface area contributed by atoms with E-state index in [1.807, 2.05) is 13.0 Å². The molecule has 0 aromatic heterocycles. The van der Waals surface area contributed by atoms with E-state index in [1.165, 1.54) is 6.07 Å². The molecule has 3 atom stereocenters. The number of halogens is 1. The van der Waals surface area contributed by atoms with Gasteiger partial charge in [0.25, 0.3) is 0 Å². The van der Waals surface area contributed by atoms with Crippen LogP contribution in [0.1, 0.15) is 37.4 Å². The van der Waals surface area contributed by atoms with Crippen molar-refractivity contribution in [2.45, 2.75) is 39.3 Å². The van der Waals surface area contributed by atoms with Crippen molar-refractivity contribution in [3.63, 3.8) is 0 Å². The van der Waals surface area contributed by atoms with Crippen molar-refractivity contribution in [3.8, 4) is 0 Å². The molecule has 0 spiro atoms. The zero-order chi connectivity index (χ0) is 14.2. The van der Waals surface area contributed by atoms with Gasteiger partial charge in [-0.3, -0.25) is 0 Å². The minimum Gasteiger partial charge on any atom is -0.394 e. The summed E-state index contributed by atoms with van der Waals surface area (Å²) in [5.41, 5.74) is 8.37. The first-order chi connectivity index (χ1) is 8.95. The normalized spacial score (nSPS) is 24.8. The van der Waals surface area contributed by atoms with Crippen LogP contribution in [0.15, 0.2) is 12.1 Å². The lowest BCUT2D eigenvalue weighted by Gasteiger charge is -2.30. The molecule has 3 N–H and O–H groups in total. The van der Waals surface area contributed by atoms with Gasteiger partial charge >= 0.3 is 0 Å². The second-order valence-corrected chi connectivity index (χ2v) is 5.66. The third-order valence-electron chi connectivity index (χ3n) is 4.18. The number of benzene rings is 1. The first kappa shape index (κ1) is 14.3. The van der Waals surface area contributed by atoms with E-state index in [1.54, 1.807) is 6.92 Å². The van der Waals surface area contributed by atoms with Gasteiger partial charge in [-0.2, -0.15) is 0 Å². The van der Waals surface area contributed by atoms with Crippen LogP contribution in [0.3, 0.4) is 0 Å². The van der Waals surface area contributed by atoms with Gasteiger partial charge < -0.3 is 15.7 Å². The first-order valence-electron chi connectivity index (χ1n) is 6.88. The van der Waals surface area contributed by atoms with Crippen molar-refractivity contribution in [3.05, 3.63) is 29.1 Å². The summed E-state index contributed by atoms with van der Waals surface area (Å²) in [6.45, 7) is 6.77. The third kappa shape index (κ3) is 2.60. The number of hydrogen-bond acceptors (Lipinski definition) is 3. The largest absolute Gasteiger partial charge is 0.394 e. The van der Waals surface area contributed by atoms with Crippen LogP contribution in [-0.2, 0) is 0 Å². The van der Waals surface area contributed by atoms with Crippen LogP contribution in [0.25, 0.3) is 0 Å². The number of rotatable bonds is 3. The molecule has 0 aliphatic carbocycles. The lowest BCUT2D eigenvalue weighted by Crippen LogP contribution is -2.36. The van der Waals surface area contributed by atoms with Crippen LogP contribution in [0.4, 0.5) is 10.1 Å². The van der Waals surface area contributed by atoms with E-state index in [4.69, 9.17) is 5.73 Å². The quantitative estimate of drug-likeness (QED) is 0.883. The molecule has 19 heavy (non-hydrogen) atoms. The molecule has 1 aliphatic rings. The molecular weight excluding hydrogens is 243 g/mol. The molecule has 0 amide bonds. The van der Waals surface area contributed by atoms with Gasteiger partial charge in [-0.15, -0.1) is 0 Å². The Morgan fingerprint density at radius 3 is 2.79 bits per heavy atom. The molecule has 4 heteroatoms. The van der Waals surface area contributed by atoms with Crippen molar-refractivity contribution >= 4 is 5.69 Å². The van der Waals surface area contributed by atoms with Gasteiger partial charge in [0, 0.05) is 18.3 Å². The fourth-order valence-electron chi connectivity index (χ4n) is 2.88. The monoisotopic (exact) mass is 266 g/mol. The molecule has 1 saturated heterocycles. The van der Waals surface area contributed by atoms with Crippen LogP contribution in [0.2, 0.25) is 0 Å². The highest BCUT2D eigenvalue weighted by Crippen LogP contribution is 2.35. The second kappa shape index (κ2) is 5.47. The lowest BCUT2D eigenvalue weighted by molar-refractivity contribution is 0.244. The summed E-state index contributed by atoms with van der Waals surface area (Å²) >= 11 is 0. The summed E-state index contributed by atoms with van der Waals surface area (Å²) in [6.07, 6.45) is 1.04. The van der Waals surface area contributed by atoms with Gasteiger partial charge in [-0.25, -0.2) is 4.39 Å². The van der Waals surface area contributed by atoms with Crippen molar-refractivity contribution in [1.82, 2.24) is 0 Å². The zero-order valence-electron chi connectivity index (χ0n) is 11.9. The Labute approximate surface area is 114 Å². The number of aryl methyl sites for hydroxylation is 1. The van der Waals surface area contributed by atoms with Crippen molar-refractivity contribution in [2.75, 3.05) is 18.1 Å². The smallest absolute Gasteiger partial charge is 0.126 e. The number of aliphatic hydroxyl groups is 1. The van der Waals surface area contributed by atoms with Gasteiger partial charge in [0.15, 0.2) is 0 Å². The Morgan fingerprint density at radius 1 is 1.53 bits per heavy atom. The standard InChI is InChI=1S/C15H23FN2O/c1-9-4-5-18(15(9)8-19)14-6-10(2)13(16)7-12(14)11(3)17/h6-7,9,11,15,19H,4-5,8,17H2,1-3H3. The molecule has 1 fully saturated rings. The summed E-state index contributed by atoms with van der Waals surface area (Å²) in [5.74, 6) is 0.222. The summed E-state index contributed by atoms with van der Waals surface area (Å²) in [5, 5.41) is 9.57. The van der Waals surface area contributed by atoms with Crippen LogP contribution in [0, 0.1) is 18.7 Å². The van der Waals surface area contributed by atoms with E-state index >= 15 is 0 Å². The topological polar surface area (TPSA) is 49.5 Å². The van der Waals surface area contributed by atoms with Crippen molar-refractivity contribution in [1.29, 1.82) is 0 Å². The van der Waals surface area contributed by atoms with Crippen molar-refractivity contribution < 1.29 is 9.50 Å². The summed E-state index contributed by atoms with van der Waals surface area (Å²) in [4.78, 5) is 2.18. The molecule has 3 nitrogen and oxygen atoms in total. The molecule has 1 aromatic rings. The molecule has 3 unspecified atom stereocenters. The Balaban J connectivity index is 2.46. The maximum absolute atomic E-state index is 13.7. The van der Waals surface area contributed by atoms with Crippen LogP contribution < -0.4 is 10.6 Å². The van der Waals surface area contributed by atoms with E-state index in [-0.39, 0.29) is 24.5 Å². The van der Waals surface area contributed by atoms with E-state index in [9.17, 15) is 9.50 Å². The number of nitrogens with zero attached hydrogens (tertiary/aromatic N) is 1. The molecule has 1 heterocycles. The van der Waals surface area contributed by atoms with E-state index < -0.39 is 0 Å². The van der Waals surface area contributed by atoms with E-state index in [2.05, 4.69) is 11.8 Å². The van der Waals surface area contributed by atoms with Crippen LogP contribution in [-0.4, -0.2) is 24.3 Å².